The molecule has 0 radical (unpaired) electrons. The summed E-state index contributed by atoms with van der Waals surface area (Å²) in [6, 6.07) is 0. The van der Waals surface area contributed by atoms with Crippen molar-refractivity contribution in [1.82, 2.24) is 0 Å². The van der Waals surface area contributed by atoms with Gasteiger partial charge in [-0.2, -0.15) is 0 Å². The van der Waals surface area contributed by atoms with E-state index in [9.17, 15) is 4.79 Å². The third-order valence-corrected chi connectivity index (χ3v) is 14.4. The van der Waals surface area contributed by atoms with Crippen LogP contribution in [0, 0.1) is 40.4 Å². The Morgan fingerprint density at radius 2 is 1.83 bits per heavy atom. The van der Waals surface area contributed by atoms with E-state index in [1.165, 1.54) is 52.1 Å². The highest BCUT2D eigenvalue weighted by Crippen LogP contribution is 2.75. The summed E-state index contributed by atoms with van der Waals surface area (Å²) >= 11 is 8.57. The van der Waals surface area contributed by atoms with E-state index in [4.69, 9.17) is 9.47 Å². The lowest BCUT2D eigenvalue weighted by Crippen LogP contribution is -2.77. The zero-order valence-electron chi connectivity index (χ0n) is 19.0. The van der Waals surface area contributed by atoms with Crippen LogP contribution in [0.25, 0.3) is 0 Å². The summed E-state index contributed by atoms with van der Waals surface area (Å²) in [5.74, 6) is 3.29. The van der Waals surface area contributed by atoms with Crippen molar-refractivity contribution in [3.05, 3.63) is 0 Å². The Kier molecular flexibility index (Phi) is 5.51. The van der Waals surface area contributed by atoms with Gasteiger partial charge in [-0.3, -0.25) is 4.79 Å². The van der Waals surface area contributed by atoms with Crippen LogP contribution in [0.4, 0.5) is 0 Å². The number of hydrogen-bond acceptors (Lipinski definition) is 3. The van der Waals surface area contributed by atoms with Gasteiger partial charge in [0.25, 0.3) is 0 Å². The van der Waals surface area contributed by atoms with Crippen LogP contribution in [-0.2, 0) is 14.3 Å². The van der Waals surface area contributed by atoms with Crippen LogP contribution >= 0.6 is 31.9 Å². The molecule has 0 aromatic carbocycles. The number of alkyl halides is 2. The monoisotopic (exact) mass is 544 g/mol. The summed E-state index contributed by atoms with van der Waals surface area (Å²) in [5, 5.41) is 0. The summed E-state index contributed by atoms with van der Waals surface area (Å²) in [6.07, 6.45) is 11.1. The number of fused-ring (bicyclic) bond motifs is 3. The molecular formula is C25H38Br2O3. The molecule has 6 aliphatic rings. The van der Waals surface area contributed by atoms with Crippen molar-refractivity contribution >= 4 is 37.8 Å². The van der Waals surface area contributed by atoms with E-state index >= 15 is 0 Å². The molecule has 4 unspecified atom stereocenters. The van der Waals surface area contributed by atoms with E-state index < -0.39 is 0 Å². The quantitative estimate of drug-likeness (QED) is 0.298. The van der Waals surface area contributed by atoms with Gasteiger partial charge >= 0.3 is 5.97 Å². The minimum atomic E-state index is -0.0733. The van der Waals surface area contributed by atoms with Crippen molar-refractivity contribution < 1.29 is 14.3 Å². The van der Waals surface area contributed by atoms with Gasteiger partial charge in [0.05, 0.1) is 23.6 Å². The molecule has 4 saturated carbocycles. The largest absolute Gasteiger partial charge is 0.469 e. The third kappa shape index (κ3) is 2.67. The standard InChI is InChI=1S/C25H38Br2O3/c1-14(5-10-20(28)29-4)17-8-9-18-19-7-6-15-13-16-11-12-23(15,2)25(19,30-16)22(27)21(26)24(17,18)3/h14-19,21-22H,5-13H2,1-4H3/t14-,15?,16?,17-,18+,19+,21?,22?,23+,24-,25+/m1/s1. The molecule has 2 saturated heterocycles. The highest BCUT2D eigenvalue weighted by molar-refractivity contribution is 9.12. The van der Waals surface area contributed by atoms with E-state index in [0.717, 1.165) is 12.3 Å². The normalized spacial score (nSPS) is 54.9. The van der Waals surface area contributed by atoms with Crippen LogP contribution < -0.4 is 0 Å². The van der Waals surface area contributed by atoms with Crippen LogP contribution in [0.1, 0.15) is 78.6 Å². The minimum absolute atomic E-state index is 0.0143. The molecule has 11 atom stereocenters. The molecule has 6 fully saturated rings. The van der Waals surface area contributed by atoms with Crippen molar-refractivity contribution in [3.63, 3.8) is 0 Å². The molecule has 3 nitrogen and oxygen atoms in total. The lowest BCUT2D eigenvalue weighted by atomic mass is 9.40. The maximum Gasteiger partial charge on any atom is 0.305 e. The van der Waals surface area contributed by atoms with E-state index in [-0.39, 0.29) is 17.0 Å². The SMILES string of the molecule is COC(=O)CC[C@@H](C)[C@H]1CC[C@H]2[C@@H]3CCC4CC5CC[C@]4(C)[C@@]3(O5)C(Br)C(Br)[C@]12C. The first-order chi connectivity index (χ1) is 14.2. The molecule has 4 aliphatic carbocycles. The van der Waals surface area contributed by atoms with Crippen molar-refractivity contribution in [2.45, 2.75) is 99.9 Å². The first kappa shape index (κ1) is 22.2. The van der Waals surface area contributed by atoms with E-state index in [1.54, 1.807) is 0 Å². The first-order valence-electron chi connectivity index (χ1n) is 12.2. The molecular weight excluding hydrogens is 508 g/mol. The smallest absolute Gasteiger partial charge is 0.305 e. The molecule has 5 heteroatoms. The Bertz CT molecular complexity index is 715. The molecule has 2 heterocycles. The number of esters is 1. The number of methoxy groups -OCH3 is 1. The number of carbonyl (C=O) groups is 1. The van der Waals surface area contributed by atoms with Crippen molar-refractivity contribution in [3.8, 4) is 0 Å². The Balaban J connectivity index is 1.48. The summed E-state index contributed by atoms with van der Waals surface area (Å²) < 4.78 is 12.1. The zero-order valence-corrected chi connectivity index (χ0v) is 22.1. The van der Waals surface area contributed by atoms with Crippen molar-refractivity contribution in [2.75, 3.05) is 7.11 Å². The molecule has 2 aliphatic heterocycles. The van der Waals surface area contributed by atoms with E-state index in [0.29, 0.717) is 51.3 Å². The Morgan fingerprint density at radius 1 is 1.10 bits per heavy atom. The van der Waals surface area contributed by atoms with Gasteiger partial charge in [-0.1, -0.05) is 52.6 Å². The second-order valence-electron chi connectivity index (χ2n) is 11.7. The molecule has 4 bridgehead atoms. The van der Waals surface area contributed by atoms with Gasteiger partial charge in [0.1, 0.15) is 0 Å². The Labute approximate surface area is 199 Å². The summed E-state index contributed by atoms with van der Waals surface area (Å²) in [5.41, 5.74) is 0.531. The fourth-order valence-corrected chi connectivity index (χ4v) is 12.0. The van der Waals surface area contributed by atoms with Crippen LogP contribution in [0.15, 0.2) is 0 Å². The van der Waals surface area contributed by atoms with Gasteiger partial charge < -0.3 is 9.47 Å². The number of ether oxygens (including phenoxy) is 2. The number of halogens is 2. The fraction of sp³-hybridized carbons (Fsp3) is 0.960. The number of hydrogen-bond donors (Lipinski definition) is 0. The lowest BCUT2D eigenvalue weighted by Gasteiger charge is -2.74. The average molecular weight is 546 g/mol. The second-order valence-corrected chi connectivity index (χ2v) is 13.6. The summed E-state index contributed by atoms with van der Waals surface area (Å²) in [4.78, 5) is 12.5. The number of carbonyl (C=O) groups excluding carboxylic acids is 1. The van der Waals surface area contributed by atoms with Crippen LogP contribution in [0.2, 0.25) is 0 Å². The van der Waals surface area contributed by atoms with Gasteiger partial charge in [-0.05, 0) is 86.4 Å². The average Bonchev–Trinajstić information content (AvgIpc) is 3.08. The molecule has 0 aromatic rings. The van der Waals surface area contributed by atoms with Crippen LogP contribution in [-0.4, -0.2) is 34.4 Å². The first-order valence-corrected chi connectivity index (χ1v) is 14.1. The predicted molar refractivity (Wildman–Crippen MR) is 126 cm³/mol. The molecule has 30 heavy (non-hydrogen) atoms. The van der Waals surface area contributed by atoms with Gasteiger partial charge in [0, 0.05) is 16.7 Å². The predicted octanol–water partition coefficient (Wildman–Crippen LogP) is 6.50. The minimum Gasteiger partial charge on any atom is -0.469 e. The van der Waals surface area contributed by atoms with Crippen LogP contribution in [0.3, 0.4) is 0 Å². The third-order valence-electron chi connectivity index (χ3n) is 10.9. The molecule has 0 N–H and O–H groups in total. The van der Waals surface area contributed by atoms with Gasteiger partial charge in [-0.25, -0.2) is 0 Å². The van der Waals surface area contributed by atoms with Crippen molar-refractivity contribution in [2.24, 2.45) is 40.4 Å². The second kappa shape index (κ2) is 7.45. The van der Waals surface area contributed by atoms with E-state index in [2.05, 4.69) is 52.6 Å². The fourth-order valence-electron chi connectivity index (χ4n) is 9.40. The topological polar surface area (TPSA) is 35.5 Å². The van der Waals surface area contributed by atoms with E-state index in [1.807, 2.05) is 0 Å². The maximum absolute atomic E-state index is 11.8. The molecule has 0 amide bonds. The molecule has 1 spiro atoms. The van der Waals surface area contributed by atoms with Gasteiger partial charge in [0.15, 0.2) is 0 Å². The molecule has 170 valence electrons. The summed E-state index contributed by atoms with van der Waals surface area (Å²) in [7, 11) is 1.50. The molecule has 0 aromatic heterocycles. The van der Waals surface area contributed by atoms with Crippen molar-refractivity contribution in [1.29, 1.82) is 0 Å². The van der Waals surface area contributed by atoms with Gasteiger partial charge in [-0.15, -0.1) is 0 Å². The summed E-state index contributed by atoms with van der Waals surface area (Å²) in [6.45, 7) is 7.49. The zero-order chi connectivity index (χ0) is 21.5. The number of rotatable bonds is 4. The van der Waals surface area contributed by atoms with Gasteiger partial charge in [0.2, 0.25) is 0 Å². The highest BCUT2D eigenvalue weighted by Gasteiger charge is 2.76. The maximum atomic E-state index is 11.8. The Hall–Kier alpha value is 0.390. The lowest BCUT2D eigenvalue weighted by molar-refractivity contribution is -0.325. The Morgan fingerprint density at radius 3 is 2.57 bits per heavy atom. The molecule has 6 rings (SSSR count). The van der Waals surface area contributed by atoms with Crippen LogP contribution in [0.5, 0.6) is 0 Å². The highest BCUT2D eigenvalue weighted by atomic mass is 79.9.